The van der Waals surface area contributed by atoms with Crippen LogP contribution in [0, 0.1) is 0 Å². The van der Waals surface area contributed by atoms with Crippen molar-refractivity contribution in [3.05, 3.63) is 63.8 Å². The molecule has 35 heavy (non-hydrogen) atoms. The highest BCUT2D eigenvalue weighted by Gasteiger charge is 2.31. The van der Waals surface area contributed by atoms with Crippen molar-refractivity contribution >= 4 is 74.0 Å². The lowest BCUT2D eigenvalue weighted by Gasteiger charge is -2.31. The van der Waals surface area contributed by atoms with E-state index in [-0.39, 0.29) is 5.91 Å². The lowest BCUT2D eigenvalue weighted by atomic mass is 9.97. The first-order valence-electron chi connectivity index (χ1n) is 12.0. The van der Waals surface area contributed by atoms with Crippen molar-refractivity contribution in [2.45, 2.75) is 59.3 Å². The molecule has 2 aromatic heterocycles. The first kappa shape index (κ1) is 22.2. The maximum absolute atomic E-state index is 13.8. The van der Waals surface area contributed by atoms with E-state index in [2.05, 4.69) is 6.07 Å². The van der Waals surface area contributed by atoms with Gasteiger partial charge in [0.2, 0.25) is 5.91 Å². The largest absolute Gasteiger partial charge is 0.278 e. The molecular formula is C27H22ClN3OS3. The van der Waals surface area contributed by atoms with Crippen molar-refractivity contribution in [1.29, 1.82) is 0 Å². The molecule has 1 amide bonds. The van der Waals surface area contributed by atoms with Crippen LogP contribution in [0.5, 0.6) is 0 Å². The number of rotatable bonds is 4. The van der Waals surface area contributed by atoms with Gasteiger partial charge in [0.25, 0.3) is 0 Å². The molecule has 176 valence electrons. The topological polar surface area (TPSA) is 46.1 Å². The molecule has 3 heterocycles. The summed E-state index contributed by atoms with van der Waals surface area (Å²) in [4.78, 5) is 30.3. The number of halogens is 1. The Hall–Kier alpha value is -2.06. The van der Waals surface area contributed by atoms with Crippen LogP contribution in [-0.4, -0.2) is 21.6 Å². The van der Waals surface area contributed by atoms with Gasteiger partial charge in [0, 0.05) is 31.0 Å². The normalized spacial score (nSPS) is 16.7. The minimum Gasteiger partial charge on any atom is -0.278 e. The lowest BCUT2D eigenvalue weighted by molar-refractivity contribution is -0.115. The quantitative estimate of drug-likeness (QED) is 0.195. The highest BCUT2D eigenvalue weighted by molar-refractivity contribution is 8.00. The fraction of sp³-hybridized carbons (Fsp3) is 0.296. The van der Waals surface area contributed by atoms with E-state index in [0.717, 1.165) is 49.7 Å². The van der Waals surface area contributed by atoms with Crippen molar-refractivity contribution < 1.29 is 4.79 Å². The Morgan fingerprint density at radius 2 is 1.89 bits per heavy atom. The molecular weight excluding hydrogens is 514 g/mol. The van der Waals surface area contributed by atoms with E-state index in [1.807, 2.05) is 52.6 Å². The number of hydrogen-bond acceptors (Lipinski definition) is 6. The van der Waals surface area contributed by atoms with Crippen molar-refractivity contribution in [2.75, 3.05) is 10.7 Å². The second kappa shape index (κ2) is 8.80. The van der Waals surface area contributed by atoms with Crippen LogP contribution >= 0.6 is 46.5 Å². The number of anilines is 2. The van der Waals surface area contributed by atoms with Gasteiger partial charge >= 0.3 is 0 Å². The number of fused-ring (bicyclic) bond motifs is 5. The molecule has 0 bridgehead atoms. The van der Waals surface area contributed by atoms with E-state index in [1.54, 1.807) is 23.5 Å². The smallest absolute Gasteiger partial charge is 0.242 e. The maximum Gasteiger partial charge on any atom is 0.242 e. The van der Waals surface area contributed by atoms with E-state index < -0.39 is 0 Å². The number of para-hydroxylation sites is 1. The Labute approximate surface area is 221 Å². The third-order valence-corrected chi connectivity index (χ3v) is 10.3. The number of thioether (sulfide) groups is 1. The molecule has 3 aliphatic rings. The predicted molar refractivity (Wildman–Crippen MR) is 146 cm³/mol. The van der Waals surface area contributed by atoms with Gasteiger partial charge in [-0.1, -0.05) is 47.3 Å². The zero-order valence-corrected chi connectivity index (χ0v) is 22.1. The standard InChI is InChI=1S/C27H22ClN3OS3/c28-16-11-12-22-19(13-16)31(18-6-2-4-8-21(18)34-22)23(32)14-33-26-24-17-5-1-3-7-20(17)35-27(24)30-25(29-26)15-9-10-15/h2,4,6,8,11-13,15H,1,3,5,7,9-10,14H2. The van der Waals surface area contributed by atoms with Crippen LogP contribution in [0.2, 0.25) is 5.02 Å². The highest BCUT2D eigenvalue weighted by atomic mass is 35.5. The molecule has 7 rings (SSSR count). The summed E-state index contributed by atoms with van der Waals surface area (Å²) in [5.41, 5.74) is 3.19. The molecule has 2 aromatic carbocycles. The molecule has 4 nitrogen and oxygen atoms in total. The molecule has 1 aliphatic heterocycles. The molecule has 0 spiro atoms. The number of carbonyl (C=O) groups is 1. The van der Waals surface area contributed by atoms with Crippen molar-refractivity contribution in [1.82, 2.24) is 9.97 Å². The van der Waals surface area contributed by atoms with Crippen LogP contribution in [0.15, 0.2) is 57.3 Å². The van der Waals surface area contributed by atoms with Crippen LogP contribution in [0.3, 0.4) is 0 Å². The van der Waals surface area contributed by atoms with E-state index in [1.165, 1.54) is 41.5 Å². The summed E-state index contributed by atoms with van der Waals surface area (Å²) in [7, 11) is 0. The highest BCUT2D eigenvalue weighted by Crippen LogP contribution is 2.49. The molecule has 0 N–H and O–H groups in total. The van der Waals surface area contributed by atoms with Crippen LogP contribution in [0.25, 0.3) is 10.2 Å². The first-order valence-corrected chi connectivity index (χ1v) is 15.0. The summed E-state index contributed by atoms with van der Waals surface area (Å²) >= 11 is 11.4. The van der Waals surface area contributed by atoms with Gasteiger partial charge in [-0.15, -0.1) is 11.3 Å². The van der Waals surface area contributed by atoms with Gasteiger partial charge < -0.3 is 0 Å². The Kier molecular flexibility index (Phi) is 5.57. The molecule has 4 aromatic rings. The molecule has 1 saturated carbocycles. The number of carbonyl (C=O) groups excluding carboxylic acids is 1. The summed E-state index contributed by atoms with van der Waals surface area (Å²) in [6.45, 7) is 0. The summed E-state index contributed by atoms with van der Waals surface area (Å²) in [5.74, 6) is 1.79. The van der Waals surface area contributed by atoms with Crippen molar-refractivity contribution in [3.63, 3.8) is 0 Å². The average molecular weight is 536 g/mol. The number of thiophene rings is 1. The van der Waals surface area contributed by atoms with Gasteiger partial charge in [0.1, 0.15) is 15.7 Å². The van der Waals surface area contributed by atoms with Crippen LogP contribution in [0.1, 0.15) is 47.9 Å². The van der Waals surface area contributed by atoms with Crippen molar-refractivity contribution in [3.8, 4) is 0 Å². The second-order valence-corrected chi connectivity index (χ2v) is 12.8. The third-order valence-electron chi connectivity index (χ3n) is 6.81. The second-order valence-electron chi connectivity index (χ2n) is 9.25. The Morgan fingerprint density at radius 1 is 1.06 bits per heavy atom. The number of nitrogens with zero attached hydrogens (tertiary/aromatic N) is 3. The summed E-state index contributed by atoms with van der Waals surface area (Å²) in [6.07, 6.45) is 7.02. The van der Waals surface area contributed by atoms with Gasteiger partial charge in [-0.2, -0.15) is 0 Å². The molecule has 2 aliphatic carbocycles. The van der Waals surface area contributed by atoms with Gasteiger partial charge in [-0.25, -0.2) is 9.97 Å². The van der Waals surface area contributed by atoms with Gasteiger partial charge in [-0.05, 0) is 74.4 Å². The van der Waals surface area contributed by atoms with Crippen molar-refractivity contribution in [2.24, 2.45) is 0 Å². The zero-order valence-electron chi connectivity index (χ0n) is 18.9. The lowest BCUT2D eigenvalue weighted by Crippen LogP contribution is -2.30. The number of aryl methyl sites for hydroxylation is 2. The molecule has 8 heteroatoms. The van der Waals surface area contributed by atoms with Gasteiger partial charge in [0.05, 0.1) is 17.1 Å². The van der Waals surface area contributed by atoms with E-state index in [4.69, 9.17) is 21.6 Å². The summed E-state index contributed by atoms with van der Waals surface area (Å²) in [5, 5.41) is 2.81. The fourth-order valence-electron chi connectivity index (χ4n) is 4.96. The molecule has 0 unspecified atom stereocenters. The maximum atomic E-state index is 13.8. The first-order chi connectivity index (χ1) is 17.2. The number of hydrogen-bond donors (Lipinski definition) is 0. The summed E-state index contributed by atoms with van der Waals surface area (Å²) in [6, 6.07) is 13.9. The monoisotopic (exact) mass is 535 g/mol. The molecule has 0 radical (unpaired) electrons. The molecule has 1 fully saturated rings. The van der Waals surface area contributed by atoms with Crippen LogP contribution in [-0.2, 0) is 17.6 Å². The SMILES string of the molecule is O=C(CSc1nc(C2CC2)nc2sc3c(c12)CCCC3)N1c2ccccc2Sc2ccc(Cl)cc21. The predicted octanol–water partition coefficient (Wildman–Crippen LogP) is 8.02. The van der Waals surface area contributed by atoms with E-state index >= 15 is 0 Å². The number of aromatic nitrogens is 2. The third kappa shape index (κ3) is 3.97. The van der Waals surface area contributed by atoms with Crippen LogP contribution in [0.4, 0.5) is 11.4 Å². The number of benzene rings is 2. The van der Waals surface area contributed by atoms with Gasteiger partial charge in [0.15, 0.2) is 0 Å². The van der Waals surface area contributed by atoms with E-state index in [9.17, 15) is 4.79 Å². The molecule has 0 saturated heterocycles. The van der Waals surface area contributed by atoms with Gasteiger partial charge in [-0.3, -0.25) is 9.69 Å². The van der Waals surface area contributed by atoms with Crippen LogP contribution < -0.4 is 4.90 Å². The average Bonchev–Trinajstić information content (AvgIpc) is 3.66. The fourth-order valence-corrected chi connectivity index (χ4v) is 8.41. The minimum absolute atomic E-state index is 0.0371. The summed E-state index contributed by atoms with van der Waals surface area (Å²) < 4.78 is 0. The van der Waals surface area contributed by atoms with E-state index in [0.29, 0.717) is 16.7 Å². The molecule has 0 atom stereocenters. The Balaban J connectivity index is 1.26. The Morgan fingerprint density at radius 3 is 2.77 bits per heavy atom. The zero-order chi connectivity index (χ0) is 23.5. The Bertz CT molecular complexity index is 1500. The minimum atomic E-state index is 0.0371. The number of amides is 1.